The van der Waals surface area contributed by atoms with Gasteiger partial charge in [0.05, 0.1) is 36.4 Å². The summed E-state index contributed by atoms with van der Waals surface area (Å²) in [6, 6.07) is 0. The van der Waals surface area contributed by atoms with Crippen LogP contribution < -0.4 is 0 Å². The van der Waals surface area contributed by atoms with Crippen molar-refractivity contribution in [2.24, 2.45) is 5.92 Å². The molecule has 2 aliphatic rings. The van der Waals surface area contributed by atoms with Crippen molar-refractivity contribution in [1.82, 2.24) is 0 Å². The number of carbonyl (C=O) groups excluding carboxylic acids is 2. The summed E-state index contributed by atoms with van der Waals surface area (Å²) in [5, 5.41) is 31.6. The fourth-order valence-electron chi connectivity index (χ4n) is 6.32. The number of rotatable bonds is 24. The summed E-state index contributed by atoms with van der Waals surface area (Å²) in [5.74, 6) is -0.490. The fraction of sp³-hybridized carbons (Fsp3) is 0.939. The second-order valence-electron chi connectivity index (χ2n) is 12.7. The molecule has 2 saturated heterocycles. The zero-order valence-corrected chi connectivity index (χ0v) is 25.6. The highest BCUT2D eigenvalue weighted by molar-refractivity contribution is 5.83. The predicted molar refractivity (Wildman–Crippen MR) is 158 cm³/mol. The van der Waals surface area contributed by atoms with Crippen LogP contribution in [0.1, 0.15) is 155 Å². The van der Waals surface area contributed by atoms with Gasteiger partial charge in [-0.1, -0.05) is 84.0 Å². The molecule has 3 N–H and O–H groups in total. The van der Waals surface area contributed by atoms with Crippen LogP contribution in [-0.2, 0) is 19.1 Å². The minimum absolute atomic E-state index is 0.0261. The maximum atomic E-state index is 11.8. The van der Waals surface area contributed by atoms with Gasteiger partial charge in [-0.3, -0.25) is 4.79 Å². The number of hydrogen-bond donors (Lipinski definition) is 3. The molecule has 2 rings (SSSR count). The summed E-state index contributed by atoms with van der Waals surface area (Å²) in [7, 11) is 0. The molecule has 2 fully saturated rings. The smallest absolute Gasteiger partial charge is 0.309 e. The topological polar surface area (TPSA) is 113 Å². The molecule has 0 saturated carbocycles. The van der Waals surface area contributed by atoms with Crippen molar-refractivity contribution in [2.45, 2.75) is 192 Å². The first kappa shape index (κ1) is 35.2. The largest absolute Gasteiger partial charge is 0.462 e. The summed E-state index contributed by atoms with van der Waals surface area (Å²) in [6.07, 6.45) is 19.3. The van der Waals surface area contributed by atoms with Gasteiger partial charge in [0.25, 0.3) is 0 Å². The number of aliphatic hydroxyl groups excluding tert-OH is 3. The number of Topliss-reactive ketones (excluding diaryl/α,β-unsaturated/α-hetero) is 1. The quantitative estimate of drug-likeness (QED) is 0.0891. The lowest BCUT2D eigenvalue weighted by atomic mass is 9.96. The number of aliphatic hydroxyl groups is 3. The summed E-state index contributed by atoms with van der Waals surface area (Å²) in [4.78, 5) is 23.1. The third kappa shape index (κ3) is 14.7. The summed E-state index contributed by atoms with van der Waals surface area (Å²) in [6.45, 7) is 3.76. The van der Waals surface area contributed by atoms with Crippen molar-refractivity contribution >= 4 is 11.8 Å². The van der Waals surface area contributed by atoms with Crippen LogP contribution in [0.25, 0.3) is 0 Å². The Kier molecular flexibility index (Phi) is 18.3. The Balaban J connectivity index is 1.45. The minimum atomic E-state index is -0.607. The summed E-state index contributed by atoms with van der Waals surface area (Å²) in [5.41, 5.74) is 0. The van der Waals surface area contributed by atoms with E-state index >= 15 is 0 Å². The molecule has 0 radical (unpaired) electrons. The van der Waals surface area contributed by atoms with E-state index in [1.54, 1.807) is 0 Å². The Labute approximate surface area is 243 Å². The molecular formula is C33H60O7. The van der Waals surface area contributed by atoms with Crippen LogP contribution in [-0.4, -0.2) is 63.7 Å². The molecule has 234 valence electrons. The molecule has 0 aromatic rings. The highest BCUT2D eigenvalue weighted by Crippen LogP contribution is 2.29. The Bertz CT molecular complexity index is 684. The normalized spacial score (nSPS) is 25.2. The second-order valence-corrected chi connectivity index (χ2v) is 12.7. The van der Waals surface area contributed by atoms with E-state index in [4.69, 9.17) is 9.47 Å². The number of cyclic esters (lactones) is 1. The van der Waals surface area contributed by atoms with Crippen molar-refractivity contribution in [1.29, 1.82) is 0 Å². The van der Waals surface area contributed by atoms with E-state index in [0.29, 0.717) is 25.7 Å². The molecule has 0 aromatic heterocycles. The molecular weight excluding hydrogens is 508 g/mol. The van der Waals surface area contributed by atoms with E-state index in [2.05, 4.69) is 6.92 Å². The zero-order valence-electron chi connectivity index (χ0n) is 25.6. The van der Waals surface area contributed by atoms with E-state index in [1.165, 1.54) is 58.3 Å². The molecule has 7 atom stereocenters. The SMILES string of the molecule is CCCCCCCCCCCC[C@@H](O)[C@H]1CC[C@H]([C@H](O)CC[C@H](O)CCCCC[C@@H]2CC(CC(C)=O)C(=O)O2)O1. The van der Waals surface area contributed by atoms with Gasteiger partial charge >= 0.3 is 5.97 Å². The first-order chi connectivity index (χ1) is 19.3. The standard InChI is InChI=1S/C33H60O7/c1-3-4-5-6-7-8-9-10-11-15-18-29(36)31-21-22-32(40-31)30(37)20-19-27(35)16-13-12-14-17-28-24-26(23-25(2)34)33(38)39-28/h26-32,35-37H,3-24H2,1-2H3/t26?,27-,28-,29-,30-,31-,32-/m1/s1. The van der Waals surface area contributed by atoms with Gasteiger partial charge in [0.15, 0.2) is 0 Å². The predicted octanol–water partition coefficient (Wildman–Crippen LogP) is 6.57. The van der Waals surface area contributed by atoms with Gasteiger partial charge in [0.1, 0.15) is 11.9 Å². The van der Waals surface area contributed by atoms with Crippen LogP contribution in [0, 0.1) is 5.92 Å². The van der Waals surface area contributed by atoms with E-state index in [-0.39, 0.29) is 42.4 Å². The molecule has 7 heteroatoms. The molecule has 1 unspecified atom stereocenters. The van der Waals surface area contributed by atoms with Crippen molar-refractivity contribution in [3.05, 3.63) is 0 Å². The Hall–Kier alpha value is -1.02. The molecule has 0 amide bonds. The Morgan fingerprint density at radius 2 is 1.32 bits per heavy atom. The van der Waals surface area contributed by atoms with Crippen LogP contribution in [0.15, 0.2) is 0 Å². The molecule has 2 heterocycles. The Morgan fingerprint density at radius 3 is 1.95 bits per heavy atom. The van der Waals surface area contributed by atoms with Crippen molar-refractivity contribution in [3.63, 3.8) is 0 Å². The minimum Gasteiger partial charge on any atom is -0.462 e. The van der Waals surface area contributed by atoms with E-state index < -0.39 is 18.3 Å². The lowest BCUT2D eigenvalue weighted by molar-refractivity contribution is -0.145. The molecule has 40 heavy (non-hydrogen) atoms. The number of carbonyl (C=O) groups is 2. The molecule has 0 spiro atoms. The second kappa shape index (κ2) is 20.8. The molecule has 0 aromatic carbocycles. The fourth-order valence-corrected chi connectivity index (χ4v) is 6.32. The Morgan fingerprint density at radius 1 is 0.775 bits per heavy atom. The first-order valence-corrected chi connectivity index (χ1v) is 16.7. The average Bonchev–Trinajstić information content (AvgIpc) is 3.55. The molecule has 0 bridgehead atoms. The van der Waals surface area contributed by atoms with Crippen LogP contribution >= 0.6 is 0 Å². The lowest BCUT2D eigenvalue weighted by Gasteiger charge is -2.23. The van der Waals surface area contributed by atoms with Crippen molar-refractivity contribution in [2.75, 3.05) is 0 Å². The molecule has 2 aliphatic heterocycles. The summed E-state index contributed by atoms with van der Waals surface area (Å²) < 4.78 is 11.4. The number of ether oxygens (including phenoxy) is 2. The van der Waals surface area contributed by atoms with Gasteiger partial charge in [-0.15, -0.1) is 0 Å². The lowest BCUT2D eigenvalue weighted by Crippen LogP contribution is -2.31. The number of ketones is 1. The van der Waals surface area contributed by atoms with E-state index in [0.717, 1.165) is 57.8 Å². The third-order valence-corrected chi connectivity index (χ3v) is 8.85. The van der Waals surface area contributed by atoms with Gasteiger partial charge in [-0.25, -0.2) is 0 Å². The van der Waals surface area contributed by atoms with Crippen LogP contribution in [0.5, 0.6) is 0 Å². The van der Waals surface area contributed by atoms with Crippen LogP contribution in [0.3, 0.4) is 0 Å². The number of esters is 1. The molecule has 0 aliphatic carbocycles. The van der Waals surface area contributed by atoms with Gasteiger partial charge in [0.2, 0.25) is 0 Å². The summed E-state index contributed by atoms with van der Waals surface area (Å²) >= 11 is 0. The van der Waals surface area contributed by atoms with E-state index in [9.17, 15) is 24.9 Å². The maximum Gasteiger partial charge on any atom is 0.309 e. The van der Waals surface area contributed by atoms with Gasteiger partial charge in [-0.2, -0.15) is 0 Å². The third-order valence-electron chi connectivity index (χ3n) is 8.85. The monoisotopic (exact) mass is 568 g/mol. The maximum absolute atomic E-state index is 11.8. The average molecular weight is 569 g/mol. The van der Waals surface area contributed by atoms with Crippen LogP contribution in [0.2, 0.25) is 0 Å². The number of hydrogen-bond acceptors (Lipinski definition) is 7. The van der Waals surface area contributed by atoms with Crippen LogP contribution in [0.4, 0.5) is 0 Å². The first-order valence-electron chi connectivity index (χ1n) is 16.7. The van der Waals surface area contributed by atoms with Crippen molar-refractivity contribution in [3.8, 4) is 0 Å². The van der Waals surface area contributed by atoms with E-state index in [1.807, 2.05) is 0 Å². The van der Waals surface area contributed by atoms with Gasteiger partial charge in [-0.05, 0) is 64.7 Å². The van der Waals surface area contributed by atoms with Crippen molar-refractivity contribution < 1.29 is 34.4 Å². The highest BCUT2D eigenvalue weighted by Gasteiger charge is 2.35. The van der Waals surface area contributed by atoms with Gasteiger partial charge in [0, 0.05) is 6.42 Å². The zero-order chi connectivity index (χ0) is 29.2. The molecule has 7 nitrogen and oxygen atoms in total. The van der Waals surface area contributed by atoms with Gasteiger partial charge < -0.3 is 29.6 Å². The number of unbranched alkanes of at least 4 members (excludes halogenated alkanes) is 11. The highest BCUT2D eigenvalue weighted by atomic mass is 16.6.